The summed E-state index contributed by atoms with van der Waals surface area (Å²) < 4.78 is 61.0. The number of hydrogen-bond acceptors (Lipinski definition) is 4. The van der Waals surface area contributed by atoms with Crippen molar-refractivity contribution in [2.24, 2.45) is 5.92 Å². The molecule has 3 nitrogen and oxygen atoms in total. The van der Waals surface area contributed by atoms with Gasteiger partial charge in [-0.2, -0.15) is 12.6 Å². The molecule has 1 heterocycles. The summed E-state index contributed by atoms with van der Waals surface area (Å²) in [4.78, 5) is 0.0391. The topological polar surface area (TPSA) is 43.4 Å². The van der Waals surface area contributed by atoms with Crippen molar-refractivity contribution in [2.45, 2.75) is 40.8 Å². The molecule has 2 aliphatic rings. The first kappa shape index (κ1) is 19.0. The van der Waals surface area contributed by atoms with Crippen LogP contribution in [0.15, 0.2) is 41.3 Å². The van der Waals surface area contributed by atoms with Crippen molar-refractivity contribution in [3.63, 3.8) is 0 Å². The molecule has 4 atom stereocenters. The summed E-state index contributed by atoms with van der Waals surface area (Å²) in [6, 6.07) is 7.78. The van der Waals surface area contributed by atoms with Crippen LogP contribution in [-0.4, -0.2) is 19.1 Å². The Morgan fingerprint density at radius 2 is 1.70 bits per heavy atom. The lowest BCUT2D eigenvalue weighted by molar-refractivity contribution is 0.117. The fourth-order valence-electron chi connectivity index (χ4n) is 4.11. The Morgan fingerprint density at radius 3 is 2.41 bits per heavy atom. The molecule has 0 spiro atoms. The highest BCUT2D eigenvalue weighted by Crippen LogP contribution is 2.51. The van der Waals surface area contributed by atoms with Gasteiger partial charge >= 0.3 is 0 Å². The molecule has 0 saturated heterocycles. The Hall–Kier alpha value is -1.31. The van der Waals surface area contributed by atoms with Crippen molar-refractivity contribution in [1.29, 1.82) is 0 Å². The second kappa shape index (κ2) is 6.94. The largest absolute Gasteiger partial charge is 0.470 e. The van der Waals surface area contributed by atoms with E-state index < -0.39 is 38.7 Å². The average Bonchev–Trinajstić information content (AvgIpc) is 2.64. The van der Waals surface area contributed by atoms with Crippen LogP contribution >= 0.6 is 24.2 Å². The first-order valence-corrected chi connectivity index (χ1v) is 11.0. The minimum atomic E-state index is -3.95. The summed E-state index contributed by atoms with van der Waals surface area (Å²) in [5.74, 6) is -2.56. The van der Waals surface area contributed by atoms with Gasteiger partial charge in [0.1, 0.15) is 5.82 Å². The number of fused-ring (bicyclic) bond motifs is 3. The van der Waals surface area contributed by atoms with E-state index in [0.29, 0.717) is 24.3 Å². The van der Waals surface area contributed by atoms with Gasteiger partial charge in [-0.15, -0.1) is 0 Å². The molecule has 2 aromatic carbocycles. The molecule has 0 aromatic heterocycles. The second-order valence-electron chi connectivity index (χ2n) is 6.99. The van der Waals surface area contributed by atoms with Crippen LogP contribution in [0.3, 0.4) is 0 Å². The molecule has 27 heavy (non-hydrogen) atoms. The van der Waals surface area contributed by atoms with Gasteiger partial charge in [-0.3, -0.25) is 0 Å². The Balaban J connectivity index is 1.85. The molecule has 1 aliphatic carbocycles. The predicted molar refractivity (Wildman–Crippen MR) is 102 cm³/mol. The summed E-state index contributed by atoms with van der Waals surface area (Å²) in [5, 5.41) is 0.388. The summed E-state index contributed by atoms with van der Waals surface area (Å²) in [6.45, 7) is 0. The Bertz CT molecular complexity index is 979. The zero-order valence-electron chi connectivity index (χ0n) is 14.1. The molecule has 4 unspecified atom stereocenters. The first-order chi connectivity index (χ1) is 12.8. The third-order valence-electron chi connectivity index (χ3n) is 5.37. The van der Waals surface area contributed by atoms with Gasteiger partial charge in [0, 0.05) is 21.8 Å². The minimum absolute atomic E-state index is 0.0176. The lowest BCUT2D eigenvalue weighted by Gasteiger charge is -2.43. The highest BCUT2D eigenvalue weighted by molar-refractivity contribution is 7.92. The summed E-state index contributed by atoms with van der Waals surface area (Å²) in [6.07, 6.45) is 1.68. The van der Waals surface area contributed by atoms with Crippen LogP contribution in [0.1, 0.15) is 30.7 Å². The number of hydrogen-bond donors (Lipinski definition) is 1. The van der Waals surface area contributed by atoms with E-state index in [1.54, 1.807) is 0 Å². The van der Waals surface area contributed by atoms with E-state index in [4.69, 9.17) is 16.3 Å². The molecule has 2 aromatic rings. The lowest BCUT2D eigenvalue weighted by atomic mass is 9.73. The van der Waals surface area contributed by atoms with E-state index in [1.165, 1.54) is 24.3 Å². The molecular weight excluding hydrogens is 414 g/mol. The van der Waals surface area contributed by atoms with Crippen molar-refractivity contribution in [3.05, 3.63) is 58.6 Å². The monoisotopic (exact) mass is 430 g/mol. The molecule has 4 rings (SSSR count). The van der Waals surface area contributed by atoms with E-state index in [9.17, 15) is 17.2 Å². The van der Waals surface area contributed by atoms with E-state index in [0.717, 1.165) is 12.1 Å². The van der Waals surface area contributed by atoms with E-state index in [2.05, 4.69) is 12.6 Å². The summed E-state index contributed by atoms with van der Waals surface area (Å²) in [5.41, 5.74) is -1.16. The smallest absolute Gasteiger partial charge is 0.216 e. The number of sulfone groups is 1. The normalized spacial score (nSPS) is 27.4. The highest BCUT2D eigenvalue weighted by atomic mass is 35.5. The van der Waals surface area contributed by atoms with Crippen molar-refractivity contribution < 1.29 is 21.9 Å². The van der Waals surface area contributed by atoms with Crippen LogP contribution in [0.4, 0.5) is 8.78 Å². The molecule has 0 amide bonds. The van der Waals surface area contributed by atoms with E-state index >= 15 is 0 Å². The molecule has 0 bridgehead atoms. The van der Waals surface area contributed by atoms with Crippen LogP contribution in [0.2, 0.25) is 5.02 Å². The Morgan fingerprint density at radius 1 is 1.04 bits per heavy atom. The van der Waals surface area contributed by atoms with Crippen LogP contribution in [0, 0.1) is 17.6 Å². The second-order valence-corrected chi connectivity index (χ2v) is 10.2. The molecule has 1 saturated carbocycles. The predicted octanol–water partition coefficient (Wildman–Crippen LogP) is 4.99. The maximum atomic E-state index is 14.5. The molecule has 1 aliphatic heterocycles. The zero-order valence-corrected chi connectivity index (χ0v) is 16.6. The lowest BCUT2D eigenvalue weighted by Crippen LogP contribution is -2.45. The van der Waals surface area contributed by atoms with Crippen molar-refractivity contribution in [1.82, 2.24) is 0 Å². The SMILES string of the molecule is O=S(=O)(c1ccc(Cl)cc1)C1Oc2c(F)ccc(F)c2C2CCC(S)CC21. The average molecular weight is 431 g/mol. The van der Waals surface area contributed by atoms with Crippen LogP contribution in [0.25, 0.3) is 0 Å². The number of ether oxygens (including phenoxy) is 1. The Labute approximate surface area is 167 Å². The van der Waals surface area contributed by atoms with E-state index in [-0.39, 0.29) is 21.5 Å². The third-order valence-corrected chi connectivity index (χ3v) is 8.08. The quantitative estimate of drug-likeness (QED) is 0.682. The standard InChI is InChI=1S/C19H17ClF2O3S2/c20-10-1-4-12(5-2-10)27(23,24)19-14-9-11(26)3-6-13(14)17-15(21)7-8-16(22)18(17)25-19/h1-2,4-5,7-8,11,13-14,19,26H,3,6,9H2. The summed E-state index contributed by atoms with van der Waals surface area (Å²) in [7, 11) is -3.95. The van der Waals surface area contributed by atoms with E-state index in [1.807, 2.05) is 0 Å². The fourth-order valence-corrected chi connectivity index (χ4v) is 6.40. The minimum Gasteiger partial charge on any atom is -0.470 e. The first-order valence-electron chi connectivity index (χ1n) is 8.61. The van der Waals surface area contributed by atoms with Crippen molar-refractivity contribution in [2.75, 3.05) is 0 Å². The van der Waals surface area contributed by atoms with Gasteiger partial charge in [0.05, 0.1) is 4.90 Å². The van der Waals surface area contributed by atoms with Crippen LogP contribution < -0.4 is 4.74 Å². The zero-order chi connectivity index (χ0) is 19.3. The molecular formula is C19H17ClF2O3S2. The molecule has 0 radical (unpaired) electrons. The molecule has 144 valence electrons. The van der Waals surface area contributed by atoms with Gasteiger partial charge in [-0.25, -0.2) is 17.2 Å². The van der Waals surface area contributed by atoms with Gasteiger partial charge in [0.25, 0.3) is 0 Å². The van der Waals surface area contributed by atoms with Crippen LogP contribution in [-0.2, 0) is 9.84 Å². The van der Waals surface area contributed by atoms with Crippen molar-refractivity contribution >= 4 is 34.1 Å². The maximum Gasteiger partial charge on any atom is 0.216 e. The number of thiol groups is 1. The Kier molecular flexibility index (Phi) is 4.89. The highest BCUT2D eigenvalue weighted by Gasteiger charge is 2.49. The van der Waals surface area contributed by atoms with Gasteiger partial charge in [0.2, 0.25) is 15.3 Å². The van der Waals surface area contributed by atoms with Gasteiger partial charge in [-0.1, -0.05) is 11.6 Å². The van der Waals surface area contributed by atoms with Crippen molar-refractivity contribution in [3.8, 4) is 5.75 Å². The van der Waals surface area contributed by atoms with Gasteiger partial charge in [0.15, 0.2) is 11.6 Å². The molecule has 8 heteroatoms. The molecule has 1 fully saturated rings. The fraction of sp³-hybridized carbons (Fsp3) is 0.368. The maximum absolute atomic E-state index is 14.5. The summed E-state index contributed by atoms with van der Waals surface area (Å²) >= 11 is 10.4. The number of benzene rings is 2. The molecule has 0 N–H and O–H groups in total. The number of halogens is 3. The van der Waals surface area contributed by atoms with Gasteiger partial charge in [-0.05, 0) is 61.6 Å². The van der Waals surface area contributed by atoms with Crippen LogP contribution in [0.5, 0.6) is 5.75 Å². The number of rotatable bonds is 2. The third kappa shape index (κ3) is 3.23. The van der Waals surface area contributed by atoms with Gasteiger partial charge < -0.3 is 4.74 Å².